The molecule has 0 bridgehead atoms. The van der Waals surface area contributed by atoms with E-state index in [2.05, 4.69) is 19.2 Å². The maximum absolute atomic E-state index is 10.7. The van der Waals surface area contributed by atoms with Crippen LogP contribution in [0.4, 0.5) is 0 Å². The van der Waals surface area contributed by atoms with Crippen molar-refractivity contribution >= 4 is 5.91 Å². The molecule has 0 fully saturated rings. The molecule has 0 aliphatic rings. The van der Waals surface area contributed by atoms with Crippen LogP contribution in [0.1, 0.15) is 33.1 Å². The number of carbonyl (C=O) groups is 1. The van der Waals surface area contributed by atoms with E-state index in [9.17, 15) is 4.79 Å². The third-order valence-electron chi connectivity index (χ3n) is 1.72. The number of nitrogens with one attached hydrogen (secondary N) is 1. The molecule has 72 valence electrons. The van der Waals surface area contributed by atoms with Gasteiger partial charge in [-0.2, -0.15) is 0 Å². The van der Waals surface area contributed by atoms with Gasteiger partial charge >= 0.3 is 0 Å². The maximum atomic E-state index is 10.7. The van der Waals surface area contributed by atoms with Gasteiger partial charge in [0.25, 0.3) is 0 Å². The molecule has 0 aliphatic carbocycles. The van der Waals surface area contributed by atoms with Gasteiger partial charge < -0.3 is 11.1 Å². The van der Waals surface area contributed by atoms with Crippen molar-refractivity contribution in [3.05, 3.63) is 0 Å². The molecule has 1 amide bonds. The Morgan fingerprint density at radius 2 is 2.08 bits per heavy atom. The molecular weight excluding hydrogens is 152 g/mol. The van der Waals surface area contributed by atoms with E-state index in [1.54, 1.807) is 0 Å². The third kappa shape index (κ3) is 7.54. The highest BCUT2D eigenvalue weighted by Crippen LogP contribution is 2.04. The zero-order valence-corrected chi connectivity index (χ0v) is 8.10. The van der Waals surface area contributed by atoms with Crippen molar-refractivity contribution in [3.8, 4) is 0 Å². The molecular formula is C9H20N2O. The first kappa shape index (κ1) is 11.4. The summed E-state index contributed by atoms with van der Waals surface area (Å²) in [6.07, 6.45) is 3.48. The normalized spacial score (nSPS) is 10.3. The predicted octanol–water partition coefficient (Wildman–Crippen LogP) is 0.888. The first-order valence-corrected chi connectivity index (χ1v) is 4.63. The summed E-state index contributed by atoms with van der Waals surface area (Å²) < 4.78 is 0. The fourth-order valence-corrected chi connectivity index (χ4v) is 0.978. The van der Waals surface area contributed by atoms with Crippen molar-refractivity contribution in [1.29, 1.82) is 0 Å². The Morgan fingerprint density at radius 3 is 2.58 bits per heavy atom. The van der Waals surface area contributed by atoms with Crippen molar-refractivity contribution in [2.45, 2.75) is 33.1 Å². The summed E-state index contributed by atoms with van der Waals surface area (Å²) in [7, 11) is 0. The number of amides is 1. The molecule has 3 N–H and O–H groups in total. The SMILES string of the molecule is CC(C)CCCCNC(=O)CN. The van der Waals surface area contributed by atoms with Crippen LogP contribution in [-0.4, -0.2) is 19.0 Å². The Morgan fingerprint density at radius 1 is 1.42 bits per heavy atom. The van der Waals surface area contributed by atoms with Crippen LogP contribution >= 0.6 is 0 Å². The van der Waals surface area contributed by atoms with Crippen LogP contribution in [0.2, 0.25) is 0 Å². The number of hydrogen-bond donors (Lipinski definition) is 2. The van der Waals surface area contributed by atoms with Crippen molar-refractivity contribution in [1.82, 2.24) is 5.32 Å². The Hall–Kier alpha value is -0.570. The Bertz CT molecular complexity index is 124. The molecule has 0 aromatic rings. The Balaban J connectivity index is 3.05. The highest BCUT2D eigenvalue weighted by atomic mass is 16.1. The summed E-state index contributed by atoms with van der Waals surface area (Å²) in [5, 5.41) is 2.74. The second kappa shape index (κ2) is 7.10. The molecule has 3 heteroatoms. The number of hydrogen-bond acceptors (Lipinski definition) is 2. The number of rotatable bonds is 6. The molecule has 0 saturated heterocycles. The zero-order valence-electron chi connectivity index (χ0n) is 8.10. The van der Waals surface area contributed by atoms with Gasteiger partial charge in [0.1, 0.15) is 0 Å². The van der Waals surface area contributed by atoms with E-state index < -0.39 is 0 Å². The fourth-order valence-electron chi connectivity index (χ4n) is 0.978. The van der Waals surface area contributed by atoms with Crippen LogP contribution in [0.25, 0.3) is 0 Å². The lowest BCUT2D eigenvalue weighted by molar-refractivity contribution is -0.119. The minimum absolute atomic E-state index is 0.0560. The van der Waals surface area contributed by atoms with E-state index in [0.717, 1.165) is 18.9 Å². The van der Waals surface area contributed by atoms with Crippen molar-refractivity contribution in [3.63, 3.8) is 0 Å². The third-order valence-corrected chi connectivity index (χ3v) is 1.72. The van der Waals surface area contributed by atoms with Crippen LogP contribution < -0.4 is 11.1 Å². The fraction of sp³-hybridized carbons (Fsp3) is 0.889. The molecule has 12 heavy (non-hydrogen) atoms. The highest BCUT2D eigenvalue weighted by Gasteiger charge is 1.96. The van der Waals surface area contributed by atoms with Crippen molar-refractivity contribution in [2.24, 2.45) is 11.7 Å². The summed E-state index contributed by atoms with van der Waals surface area (Å²) in [5.41, 5.74) is 5.12. The van der Waals surface area contributed by atoms with Gasteiger partial charge in [-0.1, -0.05) is 26.7 Å². The summed E-state index contributed by atoms with van der Waals surface area (Å²) in [5.74, 6) is 0.703. The quantitative estimate of drug-likeness (QED) is 0.584. The molecule has 0 radical (unpaired) electrons. The van der Waals surface area contributed by atoms with Gasteiger partial charge in [-0.3, -0.25) is 4.79 Å². The molecule has 0 aliphatic heterocycles. The molecule has 0 unspecified atom stereocenters. The molecule has 3 nitrogen and oxygen atoms in total. The molecule has 0 rings (SSSR count). The average molecular weight is 172 g/mol. The summed E-state index contributed by atoms with van der Waals surface area (Å²) in [4.78, 5) is 10.7. The van der Waals surface area contributed by atoms with Crippen LogP contribution in [-0.2, 0) is 4.79 Å². The van der Waals surface area contributed by atoms with Crippen LogP contribution in [0.3, 0.4) is 0 Å². The van der Waals surface area contributed by atoms with E-state index in [1.807, 2.05) is 0 Å². The summed E-state index contributed by atoms with van der Waals surface area (Å²) in [6, 6.07) is 0. The van der Waals surface area contributed by atoms with Gasteiger partial charge in [-0.25, -0.2) is 0 Å². The first-order valence-electron chi connectivity index (χ1n) is 4.63. The van der Waals surface area contributed by atoms with E-state index >= 15 is 0 Å². The standard InChI is InChI=1S/C9H20N2O/c1-8(2)5-3-4-6-11-9(12)7-10/h8H,3-7,10H2,1-2H3,(H,11,12). The maximum Gasteiger partial charge on any atom is 0.233 e. The highest BCUT2D eigenvalue weighted by molar-refractivity contribution is 5.77. The lowest BCUT2D eigenvalue weighted by atomic mass is 10.1. The monoisotopic (exact) mass is 172 g/mol. The van der Waals surface area contributed by atoms with Crippen LogP contribution in [0.5, 0.6) is 0 Å². The lowest BCUT2D eigenvalue weighted by Crippen LogP contribution is -2.30. The smallest absolute Gasteiger partial charge is 0.233 e. The first-order chi connectivity index (χ1) is 5.66. The topological polar surface area (TPSA) is 55.1 Å². The molecule has 0 atom stereocenters. The number of unbranched alkanes of at least 4 members (excludes halogenated alkanes) is 1. The molecule has 0 aromatic heterocycles. The van der Waals surface area contributed by atoms with Crippen molar-refractivity contribution < 1.29 is 4.79 Å². The predicted molar refractivity (Wildman–Crippen MR) is 50.8 cm³/mol. The zero-order chi connectivity index (χ0) is 9.40. The minimum Gasteiger partial charge on any atom is -0.355 e. The lowest BCUT2D eigenvalue weighted by Gasteiger charge is -2.05. The van der Waals surface area contributed by atoms with Crippen LogP contribution in [0, 0.1) is 5.92 Å². The van der Waals surface area contributed by atoms with Crippen molar-refractivity contribution in [2.75, 3.05) is 13.1 Å². The average Bonchev–Trinajstić information content (AvgIpc) is 2.03. The molecule has 0 aromatic carbocycles. The summed E-state index contributed by atoms with van der Waals surface area (Å²) in [6.45, 7) is 5.28. The van der Waals surface area contributed by atoms with E-state index in [-0.39, 0.29) is 12.5 Å². The van der Waals surface area contributed by atoms with Gasteiger partial charge in [0, 0.05) is 6.54 Å². The summed E-state index contributed by atoms with van der Waals surface area (Å²) >= 11 is 0. The van der Waals surface area contributed by atoms with E-state index in [0.29, 0.717) is 0 Å². The number of carbonyl (C=O) groups excluding carboxylic acids is 1. The Labute approximate surface area is 74.7 Å². The number of nitrogens with two attached hydrogens (primary N) is 1. The van der Waals surface area contributed by atoms with Gasteiger partial charge in [-0.15, -0.1) is 0 Å². The van der Waals surface area contributed by atoms with Gasteiger partial charge in [0.2, 0.25) is 5.91 Å². The molecule has 0 saturated carbocycles. The minimum atomic E-state index is -0.0560. The van der Waals surface area contributed by atoms with Crippen LogP contribution in [0.15, 0.2) is 0 Å². The second-order valence-electron chi connectivity index (χ2n) is 3.44. The molecule has 0 spiro atoms. The van der Waals surface area contributed by atoms with Gasteiger partial charge in [-0.05, 0) is 12.3 Å². The van der Waals surface area contributed by atoms with Gasteiger partial charge in [0.05, 0.1) is 6.54 Å². The largest absolute Gasteiger partial charge is 0.355 e. The molecule has 0 heterocycles. The van der Waals surface area contributed by atoms with Gasteiger partial charge in [0.15, 0.2) is 0 Å². The Kier molecular flexibility index (Phi) is 6.76. The van der Waals surface area contributed by atoms with E-state index in [1.165, 1.54) is 12.8 Å². The van der Waals surface area contributed by atoms with E-state index in [4.69, 9.17) is 5.73 Å². The second-order valence-corrected chi connectivity index (χ2v) is 3.44.